The molecule has 0 fully saturated rings. The minimum absolute atomic E-state index is 0.176. The third-order valence-corrected chi connectivity index (χ3v) is 3.09. The van der Waals surface area contributed by atoms with Crippen LogP contribution in [-0.2, 0) is 0 Å². The molecule has 0 spiro atoms. The molecule has 0 amide bonds. The van der Waals surface area contributed by atoms with Gasteiger partial charge in [-0.15, -0.1) is 0 Å². The average molecular weight is 258 g/mol. The summed E-state index contributed by atoms with van der Waals surface area (Å²) in [7, 11) is 0. The Morgan fingerprint density at radius 2 is 1.82 bits per heavy atom. The van der Waals surface area contributed by atoms with Crippen LogP contribution in [0, 0.1) is 5.82 Å². The van der Waals surface area contributed by atoms with Crippen molar-refractivity contribution in [3.8, 4) is 0 Å². The van der Waals surface area contributed by atoms with E-state index in [0.29, 0.717) is 0 Å². The second-order valence-corrected chi connectivity index (χ2v) is 4.73. The maximum atomic E-state index is 13.1. The monoisotopic (exact) mass is 257 g/mol. The molecule has 0 heterocycles. The molecule has 0 aromatic heterocycles. The van der Waals surface area contributed by atoms with Crippen LogP contribution in [0.1, 0.15) is 45.4 Å². The highest BCUT2D eigenvalue weighted by atomic mass is 35.5. The molecular weight excluding hydrogens is 237 g/mol. The van der Waals surface area contributed by atoms with E-state index >= 15 is 0 Å². The Morgan fingerprint density at radius 3 is 2.53 bits per heavy atom. The molecule has 1 nitrogen and oxygen atoms in total. The van der Waals surface area contributed by atoms with Crippen molar-refractivity contribution in [2.24, 2.45) is 0 Å². The highest BCUT2D eigenvalue weighted by Gasteiger charge is 1.99. The van der Waals surface area contributed by atoms with Crippen molar-refractivity contribution in [2.75, 3.05) is 11.9 Å². The number of halogens is 2. The Labute approximate surface area is 108 Å². The molecule has 1 aromatic carbocycles. The summed E-state index contributed by atoms with van der Waals surface area (Å²) in [6.07, 6.45) is 7.60. The minimum Gasteiger partial charge on any atom is -0.385 e. The minimum atomic E-state index is -0.361. The molecule has 0 saturated heterocycles. The molecule has 0 aliphatic carbocycles. The summed E-state index contributed by atoms with van der Waals surface area (Å²) in [5.74, 6) is -0.361. The Morgan fingerprint density at radius 1 is 1.12 bits per heavy atom. The van der Waals surface area contributed by atoms with Gasteiger partial charge in [-0.05, 0) is 24.6 Å². The summed E-state index contributed by atoms with van der Waals surface area (Å²) < 4.78 is 13.1. The van der Waals surface area contributed by atoms with Gasteiger partial charge in [0.1, 0.15) is 5.82 Å². The van der Waals surface area contributed by atoms with E-state index in [2.05, 4.69) is 12.2 Å². The first-order valence-corrected chi connectivity index (χ1v) is 6.80. The summed E-state index contributed by atoms with van der Waals surface area (Å²) in [4.78, 5) is 0. The van der Waals surface area contributed by atoms with Crippen LogP contribution in [-0.4, -0.2) is 6.54 Å². The van der Waals surface area contributed by atoms with Gasteiger partial charge in [0.25, 0.3) is 0 Å². The van der Waals surface area contributed by atoms with Crippen molar-refractivity contribution in [1.29, 1.82) is 0 Å². The van der Waals surface area contributed by atoms with Crippen molar-refractivity contribution >= 4 is 17.3 Å². The van der Waals surface area contributed by atoms with E-state index in [1.165, 1.54) is 38.2 Å². The number of nitrogens with one attached hydrogen (secondary N) is 1. The number of hydrogen-bond donors (Lipinski definition) is 1. The van der Waals surface area contributed by atoms with Crippen molar-refractivity contribution in [3.05, 3.63) is 29.0 Å². The molecule has 1 rings (SSSR count). The molecular formula is C14H21ClFN. The normalized spacial score (nSPS) is 10.5. The highest BCUT2D eigenvalue weighted by molar-refractivity contribution is 6.30. The largest absolute Gasteiger partial charge is 0.385 e. The van der Waals surface area contributed by atoms with Crippen LogP contribution >= 0.6 is 11.6 Å². The molecule has 96 valence electrons. The fourth-order valence-electron chi connectivity index (χ4n) is 1.74. The van der Waals surface area contributed by atoms with Crippen LogP contribution in [0.15, 0.2) is 18.2 Å². The number of unbranched alkanes of at least 4 members (excludes halogenated alkanes) is 5. The Kier molecular flexibility index (Phi) is 7.02. The van der Waals surface area contributed by atoms with Crippen molar-refractivity contribution < 1.29 is 4.39 Å². The van der Waals surface area contributed by atoms with Gasteiger partial charge >= 0.3 is 0 Å². The van der Waals surface area contributed by atoms with E-state index in [1.54, 1.807) is 6.07 Å². The van der Waals surface area contributed by atoms with E-state index in [1.807, 2.05) is 6.07 Å². The number of anilines is 1. The predicted molar refractivity (Wildman–Crippen MR) is 73.3 cm³/mol. The third kappa shape index (κ3) is 5.92. The van der Waals surface area contributed by atoms with Gasteiger partial charge in [-0.1, -0.05) is 50.6 Å². The van der Waals surface area contributed by atoms with Gasteiger partial charge in [-0.25, -0.2) is 4.39 Å². The van der Waals surface area contributed by atoms with Crippen LogP contribution in [0.4, 0.5) is 10.1 Å². The standard InChI is InChI=1S/C14H21ClFN/c1-2-3-4-5-6-7-10-17-12-8-9-13(15)14(16)11-12/h8-9,11,17H,2-7,10H2,1H3. The first kappa shape index (κ1) is 14.3. The lowest BCUT2D eigenvalue weighted by molar-refractivity contribution is 0.616. The SMILES string of the molecule is CCCCCCCCNc1ccc(Cl)c(F)c1. The fourth-order valence-corrected chi connectivity index (χ4v) is 1.86. The number of benzene rings is 1. The smallest absolute Gasteiger partial charge is 0.143 e. The summed E-state index contributed by atoms with van der Waals surface area (Å²) in [6, 6.07) is 4.84. The van der Waals surface area contributed by atoms with E-state index in [-0.39, 0.29) is 10.8 Å². The lowest BCUT2D eigenvalue weighted by Gasteiger charge is -2.06. The lowest BCUT2D eigenvalue weighted by atomic mass is 10.1. The van der Waals surface area contributed by atoms with E-state index in [9.17, 15) is 4.39 Å². The van der Waals surface area contributed by atoms with Gasteiger partial charge in [-0.3, -0.25) is 0 Å². The molecule has 0 bridgehead atoms. The van der Waals surface area contributed by atoms with Gasteiger partial charge in [0.15, 0.2) is 0 Å². The molecule has 17 heavy (non-hydrogen) atoms. The Hall–Kier alpha value is -0.760. The third-order valence-electron chi connectivity index (χ3n) is 2.78. The summed E-state index contributed by atoms with van der Waals surface area (Å²) in [5.41, 5.74) is 0.806. The lowest BCUT2D eigenvalue weighted by Crippen LogP contribution is -2.01. The van der Waals surface area contributed by atoms with Gasteiger partial charge in [0, 0.05) is 12.2 Å². The van der Waals surface area contributed by atoms with Gasteiger partial charge in [-0.2, -0.15) is 0 Å². The summed E-state index contributed by atoms with van der Waals surface area (Å²) in [6.45, 7) is 3.11. The molecule has 0 unspecified atom stereocenters. The highest BCUT2D eigenvalue weighted by Crippen LogP contribution is 2.18. The van der Waals surface area contributed by atoms with Crippen LogP contribution in [0.25, 0.3) is 0 Å². The van der Waals surface area contributed by atoms with E-state index in [4.69, 9.17) is 11.6 Å². The molecule has 0 atom stereocenters. The van der Waals surface area contributed by atoms with Crippen LogP contribution < -0.4 is 5.32 Å². The van der Waals surface area contributed by atoms with Gasteiger partial charge < -0.3 is 5.32 Å². The molecule has 1 N–H and O–H groups in total. The Bertz CT molecular complexity index is 328. The first-order chi connectivity index (χ1) is 8.24. The van der Waals surface area contributed by atoms with E-state index in [0.717, 1.165) is 18.7 Å². The zero-order valence-corrected chi connectivity index (χ0v) is 11.2. The molecule has 0 radical (unpaired) electrons. The molecule has 0 aliphatic heterocycles. The molecule has 0 saturated carbocycles. The van der Waals surface area contributed by atoms with E-state index < -0.39 is 0 Å². The van der Waals surface area contributed by atoms with Gasteiger partial charge in [0.2, 0.25) is 0 Å². The topological polar surface area (TPSA) is 12.0 Å². The van der Waals surface area contributed by atoms with Gasteiger partial charge in [0.05, 0.1) is 5.02 Å². The summed E-state index contributed by atoms with van der Waals surface area (Å²) >= 11 is 5.61. The quantitative estimate of drug-likeness (QED) is 0.627. The zero-order chi connectivity index (χ0) is 12.5. The second kappa shape index (κ2) is 8.35. The maximum Gasteiger partial charge on any atom is 0.143 e. The van der Waals surface area contributed by atoms with Crippen molar-refractivity contribution in [1.82, 2.24) is 0 Å². The van der Waals surface area contributed by atoms with Crippen LogP contribution in [0.5, 0.6) is 0 Å². The molecule has 1 aromatic rings. The zero-order valence-electron chi connectivity index (χ0n) is 10.4. The Balaban J connectivity index is 2.11. The first-order valence-electron chi connectivity index (χ1n) is 6.43. The van der Waals surface area contributed by atoms with Crippen LogP contribution in [0.3, 0.4) is 0 Å². The second-order valence-electron chi connectivity index (χ2n) is 4.32. The summed E-state index contributed by atoms with van der Waals surface area (Å²) in [5, 5.41) is 3.38. The maximum absolute atomic E-state index is 13.1. The fraction of sp³-hybridized carbons (Fsp3) is 0.571. The van der Waals surface area contributed by atoms with Crippen LogP contribution in [0.2, 0.25) is 5.02 Å². The number of hydrogen-bond acceptors (Lipinski definition) is 1. The van der Waals surface area contributed by atoms with Crippen molar-refractivity contribution in [3.63, 3.8) is 0 Å². The number of rotatable bonds is 8. The molecule has 3 heteroatoms. The average Bonchev–Trinajstić information content (AvgIpc) is 2.32. The van der Waals surface area contributed by atoms with Crippen molar-refractivity contribution in [2.45, 2.75) is 45.4 Å². The molecule has 0 aliphatic rings. The predicted octanol–water partition coefficient (Wildman–Crippen LogP) is 5.25.